The van der Waals surface area contributed by atoms with Gasteiger partial charge in [-0.25, -0.2) is 9.67 Å². The summed E-state index contributed by atoms with van der Waals surface area (Å²) in [6.07, 6.45) is -1.14. The molecule has 0 radical (unpaired) electrons. The SMILES string of the molecule is CCCNc1nc(-n2cc(Cl)cn2)cc(C(F)(F)F)n1. The molecule has 0 aliphatic heterocycles. The molecule has 2 rings (SSSR count). The highest BCUT2D eigenvalue weighted by molar-refractivity contribution is 6.30. The summed E-state index contributed by atoms with van der Waals surface area (Å²) in [5, 5.41) is 6.86. The van der Waals surface area contributed by atoms with E-state index in [4.69, 9.17) is 11.6 Å². The fourth-order valence-corrected chi connectivity index (χ4v) is 1.58. The Bertz CT molecular complexity index is 596. The molecule has 0 atom stereocenters. The number of alkyl halides is 3. The van der Waals surface area contributed by atoms with E-state index in [1.165, 1.54) is 12.4 Å². The zero-order valence-electron chi connectivity index (χ0n) is 10.4. The lowest BCUT2D eigenvalue weighted by molar-refractivity contribution is -0.141. The molecule has 0 aliphatic carbocycles. The molecule has 1 N–H and O–H groups in total. The summed E-state index contributed by atoms with van der Waals surface area (Å²) in [5.41, 5.74) is -1.03. The molecule has 2 aromatic rings. The van der Waals surface area contributed by atoms with Crippen molar-refractivity contribution in [2.75, 3.05) is 11.9 Å². The van der Waals surface area contributed by atoms with E-state index in [0.29, 0.717) is 11.6 Å². The van der Waals surface area contributed by atoms with Crippen molar-refractivity contribution in [2.45, 2.75) is 19.5 Å². The van der Waals surface area contributed by atoms with Gasteiger partial charge in [0.2, 0.25) is 5.95 Å². The Balaban J connectivity index is 2.45. The summed E-state index contributed by atoms with van der Waals surface area (Å²) >= 11 is 5.70. The molecule has 2 aromatic heterocycles. The lowest BCUT2D eigenvalue weighted by Crippen LogP contribution is -2.14. The fraction of sp³-hybridized carbons (Fsp3) is 0.364. The molecule has 108 valence electrons. The number of aromatic nitrogens is 4. The highest BCUT2D eigenvalue weighted by atomic mass is 35.5. The van der Waals surface area contributed by atoms with Crippen molar-refractivity contribution in [2.24, 2.45) is 0 Å². The quantitative estimate of drug-likeness (QED) is 0.942. The van der Waals surface area contributed by atoms with Crippen molar-refractivity contribution >= 4 is 17.5 Å². The van der Waals surface area contributed by atoms with Crippen LogP contribution in [0.1, 0.15) is 19.0 Å². The van der Waals surface area contributed by atoms with Gasteiger partial charge in [-0.05, 0) is 6.42 Å². The van der Waals surface area contributed by atoms with E-state index in [9.17, 15) is 13.2 Å². The summed E-state index contributed by atoms with van der Waals surface area (Å²) < 4.78 is 39.6. The second kappa shape index (κ2) is 5.66. The molecule has 0 amide bonds. The fourth-order valence-electron chi connectivity index (χ4n) is 1.44. The summed E-state index contributed by atoms with van der Waals surface area (Å²) in [4.78, 5) is 7.44. The Morgan fingerprint density at radius 3 is 2.65 bits per heavy atom. The molecule has 20 heavy (non-hydrogen) atoms. The standard InChI is InChI=1S/C11H11ClF3N5/c1-2-3-16-10-18-8(11(13,14)15)4-9(19-10)20-6-7(12)5-17-20/h4-6H,2-3H2,1H3,(H,16,18,19). The first-order chi connectivity index (χ1) is 9.40. The molecule has 0 unspecified atom stereocenters. The Hall–Kier alpha value is -1.83. The summed E-state index contributed by atoms with van der Waals surface area (Å²) in [6, 6.07) is 0.820. The van der Waals surface area contributed by atoms with E-state index in [0.717, 1.165) is 17.2 Å². The van der Waals surface area contributed by atoms with Crippen LogP contribution in [-0.4, -0.2) is 26.3 Å². The third kappa shape index (κ3) is 3.38. The number of nitrogens with one attached hydrogen (secondary N) is 1. The molecule has 5 nitrogen and oxygen atoms in total. The first-order valence-corrected chi connectivity index (χ1v) is 6.18. The number of hydrogen-bond acceptors (Lipinski definition) is 4. The Morgan fingerprint density at radius 2 is 2.10 bits per heavy atom. The molecular formula is C11H11ClF3N5. The van der Waals surface area contributed by atoms with Crippen LogP contribution >= 0.6 is 11.6 Å². The number of rotatable bonds is 4. The van der Waals surface area contributed by atoms with Gasteiger partial charge in [0.25, 0.3) is 0 Å². The van der Waals surface area contributed by atoms with Crippen LogP contribution < -0.4 is 5.32 Å². The minimum Gasteiger partial charge on any atom is -0.354 e. The predicted octanol–water partition coefficient (Wildman–Crippen LogP) is 3.16. The van der Waals surface area contributed by atoms with E-state index < -0.39 is 11.9 Å². The number of hydrogen-bond donors (Lipinski definition) is 1. The second-order valence-corrected chi connectivity index (χ2v) is 4.40. The van der Waals surface area contributed by atoms with Crippen molar-refractivity contribution in [3.63, 3.8) is 0 Å². The molecule has 0 saturated carbocycles. The molecule has 2 heterocycles. The zero-order chi connectivity index (χ0) is 14.8. The zero-order valence-corrected chi connectivity index (χ0v) is 11.2. The highest BCUT2D eigenvalue weighted by Gasteiger charge is 2.34. The average Bonchev–Trinajstić information content (AvgIpc) is 2.82. The van der Waals surface area contributed by atoms with E-state index in [1.54, 1.807) is 0 Å². The minimum absolute atomic E-state index is 0.00201. The Kier molecular flexibility index (Phi) is 4.12. The van der Waals surface area contributed by atoms with Crippen LogP contribution in [0.4, 0.5) is 19.1 Å². The smallest absolute Gasteiger partial charge is 0.354 e. The van der Waals surface area contributed by atoms with Crippen LogP contribution in [0.2, 0.25) is 5.02 Å². The van der Waals surface area contributed by atoms with Crippen LogP contribution in [-0.2, 0) is 6.18 Å². The summed E-state index contributed by atoms with van der Waals surface area (Å²) in [7, 11) is 0. The van der Waals surface area contributed by atoms with Crippen LogP contribution in [0.5, 0.6) is 0 Å². The van der Waals surface area contributed by atoms with Crippen molar-refractivity contribution < 1.29 is 13.2 Å². The number of halogens is 4. The van der Waals surface area contributed by atoms with Crippen LogP contribution in [0.15, 0.2) is 18.5 Å². The van der Waals surface area contributed by atoms with Gasteiger partial charge in [0.05, 0.1) is 17.4 Å². The largest absolute Gasteiger partial charge is 0.433 e. The molecule has 0 bridgehead atoms. The number of nitrogens with zero attached hydrogens (tertiary/aromatic N) is 4. The number of anilines is 1. The molecule has 0 fully saturated rings. The second-order valence-electron chi connectivity index (χ2n) is 3.96. The van der Waals surface area contributed by atoms with Gasteiger partial charge in [-0.2, -0.15) is 23.3 Å². The van der Waals surface area contributed by atoms with Crippen molar-refractivity contribution in [1.29, 1.82) is 0 Å². The van der Waals surface area contributed by atoms with Gasteiger partial charge in [-0.3, -0.25) is 0 Å². The van der Waals surface area contributed by atoms with E-state index in [2.05, 4.69) is 20.4 Å². The monoisotopic (exact) mass is 305 g/mol. The molecule has 0 spiro atoms. The third-order valence-corrected chi connectivity index (χ3v) is 2.52. The Labute approximate surface area is 117 Å². The first-order valence-electron chi connectivity index (χ1n) is 5.81. The average molecular weight is 306 g/mol. The van der Waals surface area contributed by atoms with Gasteiger partial charge in [0.1, 0.15) is 0 Å². The Morgan fingerprint density at radius 1 is 1.35 bits per heavy atom. The van der Waals surface area contributed by atoms with Crippen LogP contribution in [0.3, 0.4) is 0 Å². The summed E-state index contributed by atoms with van der Waals surface area (Å²) in [6.45, 7) is 2.36. The maximum atomic E-state index is 12.8. The topological polar surface area (TPSA) is 55.6 Å². The van der Waals surface area contributed by atoms with Gasteiger partial charge >= 0.3 is 6.18 Å². The molecule has 9 heteroatoms. The molecular weight excluding hydrogens is 295 g/mol. The maximum Gasteiger partial charge on any atom is 0.433 e. The predicted molar refractivity (Wildman–Crippen MR) is 67.9 cm³/mol. The third-order valence-electron chi connectivity index (χ3n) is 2.32. The van der Waals surface area contributed by atoms with Crippen molar-refractivity contribution in [3.8, 4) is 5.82 Å². The van der Waals surface area contributed by atoms with Crippen LogP contribution in [0, 0.1) is 0 Å². The first kappa shape index (κ1) is 14.6. The van der Waals surface area contributed by atoms with Gasteiger partial charge in [-0.1, -0.05) is 18.5 Å². The van der Waals surface area contributed by atoms with Crippen molar-refractivity contribution in [3.05, 3.63) is 29.2 Å². The van der Waals surface area contributed by atoms with Gasteiger partial charge in [0, 0.05) is 12.6 Å². The summed E-state index contributed by atoms with van der Waals surface area (Å²) in [5.74, 6) is -0.0962. The highest BCUT2D eigenvalue weighted by Crippen LogP contribution is 2.29. The lowest BCUT2D eigenvalue weighted by Gasteiger charge is -2.11. The van der Waals surface area contributed by atoms with E-state index in [-0.39, 0.29) is 11.8 Å². The van der Waals surface area contributed by atoms with E-state index >= 15 is 0 Å². The lowest BCUT2D eigenvalue weighted by atomic mass is 10.4. The normalized spacial score (nSPS) is 11.7. The van der Waals surface area contributed by atoms with Crippen LogP contribution in [0.25, 0.3) is 5.82 Å². The maximum absolute atomic E-state index is 12.8. The van der Waals surface area contributed by atoms with Crippen molar-refractivity contribution in [1.82, 2.24) is 19.7 Å². The molecule has 0 aromatic carbocycles. The molecule has 0 aliphatic rings. The minimum atomic E-state index is -4.56. The van der Waals surface area contributed by atoms with Gasteiger partial charge < -0.3 is 5.32 Å². The molecule has 0 saturated heterocycles. The van der Waals surface area contributed by atoms with Gasteiger partial charge in [0.15, 0.2) is 11.5 Å². The van der Waals surface area contributed by atoms with E-state index in [1.807, 2.05) is 6.92 Å². The van der Waals surface area contributed by atoms with Gasteiger partial charge in [-0.15, -0.1) is 0 Å².